The lowest BCUT2D eigenvalue weighted by Crippen LogP contribution is -2.24. The number of likely N-dealkylation sites (tertiary alicyclic amines) is 1. The van der Waals surface area contributed by atoms with Crippen molar-refractivity contribution in [3.63, 3.8) is 0 Å². The highest BCUT2D eigenvalue weighted by Crippen LogP contribution is 2.33. The third-order valence-electron chi connectivity index (χ3n) is 5.92. The SMILES string of the molecule is CCCCCCCCN1CCC[C@H]1c1ccc(-c2ccc(C(=O)O)cc2)cc1. The highest BCUT2D eigenvalue weighted by molar-refractivity contribution is 5.88. The lowest BCUT2D eigenvalue weighted by Gasteiger charge is -2.25. The minimum Gasteiger partial charge on any atom is -0.478 e. The van der Waals surface area contributed by atoms with Crippen LogP contribution in [-0.4, -0.2) is 29.1 Å². The van der Waals surface area contributed by atoms with Gasteiger partial charge in [0.25, 0.3) is 0 Å². The molecule has 0 unspecified atom stereocenters. The molecule has 0 bridgehead atoms. The van der Waals surface area contributed by atoms with Gasteiger partial charge in [0.05, 0.1) is 5.56 Å². The van der Waals surface area contributed by atoms with Gasteiger partial charge in [-0.3, -0.25) is 4.90 Å². The number of benzene rings is 2. The van der Waals surface area contributed by atoms with Crippen molar-refractivity contribution in [2.75, 3.05) is 13.1 Å². The highest BCUT2D eigenvalue weighted by Gasteiger charge is 2.25. The summed E-state index contributed by atoms with van der Waals surface area (Å²) in [5, 5.41) is 9.04. The van der Waals surface area contributed by atoms with E-state index in [-0.39, 0.29) is 0 Å². The fourth-order valence-corrected chi connectivity index (χ4v) is 4.27. The number of carboxylic acids is 1. The summed E-state index contributed by atoms with van der Waals surface area (Å²) in [7, 11) is 0. The molecule has 2 aromatic rings. The zero-order valence-electron chi connectivity index (χ0n) is 17.1. The Morgan fingerprint density at radius 3 is 2.18 bits per heavy atom. The van der Waals surface area contributed by atoms with Gasteiger partial charge in [-0.05, 0) is 61.2 Å². The number of aromatic carboxylic acids is 1. The smallest absolute Gasteiger partial charge is 0.335 e. The van der Waals surface area contributed by atoms with Crippen molar-refractivity contribution < 1.29 is 9.90 Å². The first-order valence-corrected chi connectivity index (χ1v) is 10.9. The van der Waals surface area contributed by atoms with Crippen molar-refractivity contribution >= 4 is 5.97 Å². The summed E-state index contributed by atoms with van der Waals surface area (Å²) in [6, 6.07) is 16.5. The van der Waals surface area contributed by atoms with E-state index >= 15 is 0 Å². The van der Waals surface area contributed by atoms with Gasteiger partial charge in [0.1, 0.15) is 0 Å². The van der Waals surface area contributed by atoms with E-state index in [1.165, 1.54) is 70.0 Å². The van der Waals surface area contributed by atoms with Crippen LogP contribution in [0.5, 0.6) is 0 Å². The Morgan fingerprint density at radius 1 is 0.929 bits per heavy atom. The van der Waals surface area contributed by atoms with Gasteiger partial charge in [-0.15, -0.1) is 0 Å². The Balaban J connectivity index is 1.56. The summed E-state index contributed by atoms with van der Waals surface area (Å²) >= 11 is 0. The molecule has 150 valence electrons. The summed E-state index contributed by atoms with van der Waals surface area (Å²) in [4.78, 5) is 13.7. The van der Waals surface area contributed by atoms with Crippen LogP contribution in [-0.2, 0) is 0 Å². The Morgan fingerprint density at radius 2 is 1.54 bits per heavy atom. The van der Waals surface area contributed by atoms with Crippen molar-refractivity contribution in [3.8, 4) is 11.1 Å². The van der Waals surface area contributed by atoms with Crippen molar-refractivity contribution in [1.29, 1.82) is 0 Å². The zero-order chi connectivity index (χ0) is 19.8. The Kier molecular flexibility index (Phi) is 7.67. The second kappa shape index (κ2) is 10.4. The lowest BCUT2D eigenvalue weighted by molar-refractivity contribution is 0.0697. The molecule has 3 rings (SSSR count). The highest BCUT2D eigenvalue weighted by atomic mass is 16.4. The number of nitrogens with zero attached hydrogens (tertiary/aromatic N) is 1. The maximum atomic E-state index is 11.0. The van der Waals surface area contributed by atoms with Crippen LogP contribution >= 0.6 is 0 Å². The molecule has 0 spiro atoms. The average molecular weight is 380 g/mol. The molecule has 3 heteroatoms. The van der Waals surface area contributed by atoms with E-state index in [0.29, 0.717) is 11.6 Å². The van der Waals surface area contributed by atoms with Crippen molar-refractivity contribution in [2.24, 2.45) is 0 Å². The molecule has 1 atom stereocenters. The van der Waals surface area contributed by atoms with E-state index in [1.54, 1.807) is 12.1 Å². The molecule has 28 heavy (non-hydrogen) atoms. The van der Waals surface area contributed by atoms with Crippen molar-refractivity contribution in [3.05, 3.63) is 59.7 Å². The normalized spacial score (nSPS) is 17.1. The van der Waals surface area contributed by atoms with E-state index in [9.17, 15) is 4.79 Å². The van der Waals surface area contributed by atoms with Crippen molar-refractivity contribution in [2.45, 2.75) is 64.3 Å². The Bertz CT molecular complexity index is 736. The third-order valence-corrected chi connectivity index (χ3v) is 5.92. The predicted molar refractivity (Wildman–Crippen MR) is 116 cm³/mol. The number of rotatable bonds is 10. The summed E-state index contributed by atoms with van der Waals surface area (Å²) in [6.07, 6.45) is 10.7. The summed E-state index contributed by atoms with van der Waals surface area (Å²) in [5.41, 5.74) is 3.94. The monoisotopic (exact) mass is 379 g/mol. The van der Waals surface area contributed by atoms with Gasteiger partial charge >= 0.3 is 5.97 Å². The van der Waals surface area contributed by atoms with Crippen LogP contribution in [0.3, 0.4) is 0 Å². The van der Waals surface area contributed by atoms with E-state index in [1.807, 2.05) is 12.1 Å². The molecule has 0 radical (unpaired) electrons. The minimum absolute atomic E-state index is 0.330. The molecule has 0 aliphatic carbocycles. The average Bonchev–Trinajstić information content (AvgIpc) is 3.19. The van der Waals surface area contributed by atoms with Gasteiger partial charge in [0, 0.05) is 6.04 Å². The van der Waals surface area contributed by atoms with Crippen LogP contribution < -0.4 is 0 Å². The first-order chi connectivity index (χ1) is 13.7. The predicted octanol–water partition coefficient (Wildman–Crippen LogP) is 6.55. The number of carbonyl (C=O) groups is 1. The van der Waals surface area contributed by atoms with E-state index < -0.39 is 5.97 Å². The molecular formula is C25H33NO2. The maximum absolute atomic E-state index is 11.0. The molecule has 0 amide bonds. The molecule has 1 N–H and O–H groups in total. The lowest BCUT2D eigenvalue weighted by atomic mass is 9.98. The fraction of sp³-hybridized carbons (Fsp3) is 0.480. The van der Waals surface area contributed by atoms with E-state index in [2.05, 4.69) is 36.1 Å². The maximum Gasteiger partial charge on any atom is 0.335 e. The molecule has 3 nitrogen and oxygen atoms in total. The largest absolute Gasteiger partial charge is 0.478 e. The van der Waals surface area contributed by atoms with Crippen LogP contribution in [0.15, 0.2) is 48.5 Å². The zero-order valence-corrected chi connectivity index (χ0v) is 17.1. The Hall–Kier alpha value is -2.13. The quantitative estimate of drug-likeness (QED) is 0.476. The molecule has 1 aliphatic rings. The second-order valence-electron chi connectivity index (χ2n) is 7.97. The van der Waals surface area contributed by atoms with Crippen LogP contribution in [0.1, 0.15) is 80.3 Å². The number of carboxylic acid groups (broad SMARTS) is 1. The molecule has 0 aromatic heterocycles. The molecule has 1 aliphatic heterocycles. The summed E-state index contributed by atoms with van der Waals surface area (Å²) in [6.45, 7) is 4.71. The molecule has 0 saturated carbocycles. The number of hydrogen-bond acceptors (Lipinski definition) is 2. The first-order valence-electron chi connectivity index (χ1n) is 10.9. The minimum atomic E-state index is -0.881. The number of hydrogen-bond donors (Lipinski definition) is 1. The standard InChI is InChI=1S/C25H33NO2/c1-2-3-4-5-6-7-18-26-19-8-9-24(26)22-14-10-20(11-15-22)21-12-16-23(17-13-21)25(27)28/h10-17,24H,2-9,18-19H2,1H3,(H,27,28)/t24-/m0/s1. The van der Waals surface area contributed by atoms with E-state index in [0.717, 1.165) is 11.1 Å². The van der Waals surface area contributed by atoms with Gasteiger partial charge in [0.2, 0.25) is 0 Å². The van der Waals surface area contributed by atoms with Gasteiger partial charge in [-0.1, -0.05) is 75.4 Å². The summed E-state index contributed by atoms with van der Waals surface area (Å²) < 4.78 is 0. The van der Waals surface area contributed by atoms with Crippen LogP contribution in [0.2, 0.25) is 0 Å². The molecular weight excluding hydrogens is 346 g/mol. The number of unbranched alkanes of at least 4 members (excludes halogenated alkanes) is 5. The van der Waals surface area contributed by atoms with Crippen LogP contribution in [0.4, 0.5) is 0 Å². The van der Waals surface area contributed by atoms with Gasteiger partial charge in [-0.2, -0.15) is 0 Å². The molecule has 1 heterocycles. The Labute approximate surface area is 169 Å². The summed E-state index contributed by atoms with van der Waals surface area (Å²) in [5.74, 6) is -0.881. The topological polar surface area (TPSA) is 40.5 Å². The van der Waals surface area contributed by atoms with Gasteiger partial charge in [0.15, 0.2) is 0 Å². The molecule has 1 saturated heterocycles. The molecule has 1 fully saturated rings. The first kappa shape index (κ1) is 20.6. The van der Waals surface area contributed by atoms with Crippen molar-refractivity contribution in [1.82, 2.24) is 4.90 Å². The van der Waals surface area contributed by atoms with Crippen LogP contribution in [0, 0.1) is 0 Å². The van der Waals surface area contributed by atoms with Gasteiger partial charge < -0.3 is 5.11 Å². The van der Waals surface area contributed by atoms with Gasteiger partial charge in [-0.25, -0.2) is 4.79 Å². The third kappa shape index (κ3) is 5.45. The molecule has 2 aromatic carbocycles. The van der Waals surface area contributed by atoms with Crippen LogP contribution in [0.25, 0.3) is 11.1 Å². The fourth-order valence-electron chi connectivity index (χ4n) is 4.27. The second-order valence-corrected chi connectivity index (χ2v) is 7.97. The van der Waals surface area contributed by atoms with E-state index in [4.69, 9.17) is 5.11 Å².